The van der Waals surface area contributed by atoms with E-state index in [1.54, 1.807) is 6.07 Å². The van der Waals surface area contributed by atoms with Crippen molar-refractivity contribution < 1.29 is 33.8 Å². The molecule has 2 N–H and O–H groups in total. The van der Waals surface area contributed by atoms with Gasteiger partial charge in [0, 0.05) is 12.8 Å². The van der Waals surface area contributed by atoms with Crippen LogP contribution in [0.25, 0.3) is 0 Å². The molecule has 0 aromatic heterocycles. The second-order valence-corrected chi connectivity index (χ2v) is 5.97. The lowest BCUT2D eigenvalue weighted by Gasteiger charge is -2.27. The fourth-order valence-electron chi connectivity index (χ4n) is 3.01. The van der Waals surface area contributed by atoms with Gasteiger partial charge < -0.3 is 9.84 Å². The van der Waals surface area contributed by atoms with E-state index in [1.165, 1.54) is 12.1 Å². The van der Waals surface area contributed by atoms with Gasteiger partial charge in [-0.15, -0.1) is 0 Å². The lowest BCUT2D eigenvalue weighted by atomic mass is 10.0. The molecule has 0 bridgehead atoms. The van der Waals surface area contributed by atoms with Crippen molar-refractivity contribution >= 4 is 29.6 Å². The van der Waals surface area contributed by atoms with Crippen molar-refractivity contribution in [3.63, 3.8) is 0 Å². The van der Waals surface area contributed by atoms with Gasteiger partial charge in [-0.2, -0.15) is 0 Å². The number of amides is 4. The van der Waals surface area contributed by atoms with Crippen LogP contribution < -0.4 is 10.1 Å². The van der Waals surface area contributed by atoms with E-state index in [-0.39, 0.29) is 49.2 Å². The predicted octanol–water partition coefficient (Wildman–Crippen LogP) is 0.331. The number of carboxylic acids is 1. The highest BCUT2D eigenvalue weighted by atomic mass is 16.5. The Bertz CT molecular complexity index is 817. The summed E-state index contributed by atoms with van der Waals surface area (Å²) in [6.07, 6.45) is 0.287. The molecule has 0 aliphatic carbocycles. The first-order valence-corrected chi connectivity index (χ1v) is 8.09. The van der Waals surface area contributed by atoms with E-state index in [4.69, 9.17) is 9.84 Å². The Morgan fingerprint density at radius 3 is 2.69 bits per heavy atom. The van der Waals surface area contributed by atoms with Crippen LogP contribution in [-0.2, 0) is 14.4 Å². The summed E-state index contributed by atoms with van der Waals surface area (Å²) in [4.78, 5) is 60.1. The van der Waals surface area contributed by atoms with Crippen molar-refractivity contribution in [3.8, 4) is 5.75 Å². The molecule has 4 amide bonds. The van der Waals surface area contributed by atoms with E-state index >= 15 is 0 Å². The third-order valence-corrected chi connectivity index (χ3v) is 4.22. The highest BCUT2D eigenvalue weighted by Gasteiger charge is 2.45. The number of nitrogens with one attached hydrogen (secondary N) is 1. The molecule has 1 aromatic carbocycles. The minimum absolute atomic E-state index is 0.0440. The zero-order valence-corrected chi connectivity index (χ0v) is 13.7. The third kappa shape index (κ3) is 3.15. The minimum atomic E-state index is -1.04. The summed E-state index contributed by atoms with van der Waals surface area (Å²) in [5.41, 5.74) is 0.174. The van der Waals surface area contributed by atoms with Gasteiger partial charge in [0.25, 0.3) is 11.8 Å². The number of carboxylic acid groups (broad SMARTS) is 1. The molecule has 1 aromatic rings. The van der Waals surface area contributed by atoms with E-state index in [9.17, 15) is 24.0 Å². The van der Waals surface area contributed by atoms with Crippen LogP contribution in [0.2, 0.25) is 0 Å². The number of ether oxygens (including phenoxy) is 1. The van der Waals surface area contributed by atoms with Gasteiger partial charge in [0.1, 0.15) is 11.8 Å². The maximum absolute atomic E-state index is 12.8. The van der Waals surface area contributed by atoms with Crippen molar-refractivity contribution in [1.82, 2.24) is 10.2 Å². The minimum Gasteiger partial charge on any atom is -0.493 e. The number of nitrogens with zero attached hydrogens (tertiary/aromatic N) is 1. The largest absolute Gasteiger partial charge is 0.493 e. The normalized spacial score (nSPS) is 19.4. The first kappa shape index (κ1) is 17.6. The summed E-state index contributed by atoms with van der Waals surface area (Å²) < 4.78 is 5.48. The maximum atomic E-state index is 12.8. The number of fused-ring (bicyclic) bond motifs is 1. The molecular formula is C17H16N2O7. The molecule has 1 fully saturated rings. The summed E-state index contributed by atoms with van der Waals surface area (Å²) in [6.45, 7) is 0.0721. The Balaban J connectivity index is 1.81. The van der Waals surface area contributed by atoms with Gasteiger partial charge in [0.15, 0.2) is 0 Å². The summed E-state index contributed by atoms with van der Waals surface area (Å²) in [6, 6.07) is 3.48. The Morgan fingerprint density at radius 2 is 2.00 bits per heavy atom. The molecule has 0 radical (unpaired) electrons. The predicted molar refractivity (Wildman–Crippen MR) is 85.5 cm³/mol. The summed E-state index contributed by atoms with van der Waals surface area (Å²) in [7, 11) is 0. The average Bonchev–Trinajstić information content (AvgIpc) is 2.84. The Labute approximate surface area is 147 Å². The Hall–Kier alpha value is -3.23. The summed E-state index contributed by atoms with van der Waals surface area (Å²) >= 11 is 0. The molecule has 9 heteroatoms. The van der Waals surface area contributed by atoms with E-state index < -0.39 is 35.6 Å². The lowest BCUT2D eigenvalue weighted by molar-refractivity contribution is -0.138. The fourth-order valence-corrected chi connectivity index (χ4v) is 3.01. The number of benzene rings is 1. The van der Waals surface area contributed by atoms with Gasteiger partial charge in [-0.1, -0.05) is 6.07 Å². The topological polar surface area (TPSA) is 130 Å². The number of hydrogen-bond donors (Lipinski definition) is 2. The molecule has 26 heavy (non-hydrogen) atoms. The van der Waals surface area contributed by atoms with Crippen molar-refractivity contribution in [1.29, 1.82) is 0 Å². The van der Waals surface area contributed by atoms with Gasteiger partial charge in [-0.3, -0.25) is 34.2 Å². The number of rotatable bonds is 6. The Morgan fingerprint density at radius 1 is 1.23 bits per heavy atom. The summed E-state index contributed by atoms with van der Waals surface area (Å²) in [5.74, 6) is -3.18. The Kier molecular flexibility index (Phi) is 4.70. The van der Waals surface area contributed by atoms with Crippen LogP contribution in [-0.4, -0.2) is 52.3 Å². The second kappa shape index (κ2) is 6.95. The van der Waals surface area contributed by atoms with E-state index in [0.29, 0.717) is 0 Å². The molecule has 2 heterocycles. The lowest BCUT2D eigenvalue weighted by Crippen LogP contribution is -2.54. The highest BCUT2D eigenvalue weighted by Crippen LogP contribution is 2.33. The molecular weight excluding hydrogens is 344 g/mol. The van der Waals surface area contributed by atoms with Crippen LogP contribution in [0.5, 0.6) is 5.75 Å². The molecule has 0 saturated carbocycles. The zero-order chi connectivity index (χ0) is 18.8. The molecule has 1 atom stereocenters. The fraction of sp³-hybridized carbons (Fsp3) is 0.353. The molecule has 2 aliphatic heterocycles. The second-order valence-electron chi connectivity index (χ2n) is 5.97. The first-order chi connectivity index (χ1) is 12.4. The van der Waals surface area contributed by atoms with Gasteiger partial charge in [0.05, 0.1) is 17.7 Å². The van der Waals surface area contributed by atoms with Crippen LogP contribution in [0, 0.1) is 0 Å². The first-order valence-electron chi connectivity index (χ1n) is 8.09. The van der Waals surface area contributed by atoms with Crippen molar-refractivity contribution in [2.75, 3.05) is 6.61 Å². The molecule has 3 rings (SSSR count). The van der Waals surface area contributed by atoms with E-state index in [2.05, 4.69) is 5.32 Å². The number of carbonyl (C=O) groups is 5. The SMILES string of the molecule is O=C(O)CCCOc1cccc2c1C(=O)N(C1CCC(=O)NC1=O)C2=O. The highest BCUT2D eigenvalue weighted by molar-refractivity contribution is 6.24. The molecule has 1 saturated heterocycles. The maximum Gasteiger partial charge on any atom is 0.303 e. The number of imide groups is 2. The third-order valence-electron chi connectivity index (χ3n) is 4.22. The quantitative estimate of drug-likeness (QED) is 0.552. The smallest absolute Gasteiger partial charge is 0.303 e. The zero-order valence-electron chi connectivity index (χ0n) is 13.7. The summed E-state index contributed by atoms with van der Waals surface area (Å²) in [5, 5.41) is 10.8. The molecule has 0 spiro atoms. The van der Waals surface area contributed by atoms with Crippen LogP contribution in [0.15, 0.2) is 18.2 Å². The van der Waals surface area contributed by atoms with Crippen LogP contribution >= 0.6 is 0 Å². The van der Waals surface area contributed by atoms with Crippen LogP contribution in [0.3, 0.4) is 0 Å². The standard InChI is InChI=1S/C17H16N2O7/c20-12-7-6-10(15(23)18-12)19-16(24)9-3-1-4-11(14(9)17(19)25)26-8-2-5-13(21)22/h1,3-4,10H,2,5-8H2,(H,21,22)(H,18,20,23). The number of hydrogen-bond acceptors (Lipinski definition) is 6. The number of aliphatic carboxylic acids is 1. The monoisotopic (exact) mass is 360 g/mol. The van der Waals surface area contributed by atoms with Crippen LogP contribution in [0.4, 0.5) is 0 Å². The molecule has 136 valence electrons. The van der Waals surface area contributed by atoms with Gasteiger partial charge >= 0.3 is 5.97 Å². The van der Waals surface area contributed by atoms with Crippen molar-refractivity contribution in [3.05, 3.63) is 29.3 Å². The average molecular weight is 360 g/mol. The van der Waals surface area contributed by atoms with Crippen molar-refractivity contribution in [2.45, 2.75) is 31.7 Å². The van der Waals surface area contributed by atoms with Gasteiger partial charge in [-0.05, 0) is 25.0 Å². The van der Waals surface area contributed by atoms with Gasteiger partial charge in [-0.25, -0.2) is 0 Å². The number of piperidine rings is 1. The molecule has 2 aliphatic rings. The van der Waals surface area contributed by atoms with Crippen LogP contribution in [0.1, 0.15) is 46.4 Å². The van der Waals surface area contributed by atoms with E-state index in [1.807, 2.05) is 0 Å². The van der Waals surface area contributed by atoms with E-state index in [0.717, 1.165) is 4.90 Å². The van der Waals surface area contributed by atoms with Crippen molar-refractivity contribution in [2.24, 2.45) is 0 Å². The molecule has 1 unspecified atom stereocenters. The molecule has 9 nitrogen and oxygen atoms in total. The number of carbonyl (C=O) groups excluding carboxylic acids is 4. The van der Waals surface area contributed by atoms with Gasteiger partial charge in [0.2, 0.25) is 11.8 Å².